The van der Waals surface area contributed by atoms with Crippen LogP contribution in [0.3, 0.4) is 0 Å². The number of Topliss-reactive ketones (excluding diaryl/α,β-unsaturated/α-hetero) is 1. The van der Waals surface area contributed by atoms with Crippen LogP contribution in [-0.2, 0) is 4.79 Å². The van der Waals surface area contributed by atoms with Gasteiger partial charge in [-0.1, -0.05) is 18.7 Å². The molecule has 0 aliphatic carbocycles. The molecule has 0 saturated heterocycles. The minimum Gasteiger partial charge on any atom is -0.289 e. The first-order chi connectivity index (χ1) is 5.41. The van der Waals surface area contributed by atoms with Gasteiger partial charge >= 0.3 is 6.18 Å². The molecular weight excluding hydrogens is 169 g/mol. The second-order valence-corrected chi connectivity index (χ2v) is 2.17. The Hall–Kier alpha value is -1.06. The first-order valence-electron chi connectivity index (χ1n) is 3.29. The summed E-state index contributed by atoms with van der Waals surface area (Å²) in [6.07, 6.45) is -2.69. The van der Waals surface area contributed by atoms with E-state index < -0.39 is 18.4 Å². The van der Waals surface area contributed by atoms with Crippen molar-refractivity contribution >= 4 is 5.78 Å². The first kappa shape index (κ1) is 10.9. The average molecular weight is 178 g/mol. The molecule has 0 aliphatic rings. The van der Waals surface area contributed by atoms with Crippen molar-refractivity contribution in [1.82, 2.24) is 0 Å². The van der Waals surface area contributed by atoms with Crippen molar-refractivity contribution in [2.24, 2.45) is 0 Å². The van der Waals surface area contributed by atoms with Crippen LogP contribution < -0.4 is 0 Å². The van der Waals surface area contributed by atoms with Crippen molar-refractivity contribution in [3.63, 3.8) is 0 Å². The van der Waals surface area contributed by atoms with Crippen molar-refractivity contribution < 1.29 is 18.0 Å². The monoisotopic (exact) mass is 178 g/mol. The van der Waals surface area contributed by atoms with Crippen LogP contribution in [0.25, 0.3) is 0 Å². The maximum Gasteiger partial charge on any atom is 0.450 e. The molecule has 4 heteroatoms. The summed E-state index contributed by atoms with van der Waals surface area (Å²) in [5, 5.41) is 0. The molecule has 68 valence electrons. The zero-order chi connectivity index (χ0) is 9.78. The van der Waals surface area contributed by atoms with Gasteiger partial charge in [0.05, 0.1) is 0 Å². The number of hydrogen-bond donors (Lipinski definition) is 0. The van der Waals surface area contributed by atoms with Crippen molar-refractivity contribution in [3.8, 4) is 0 Å². The van der Waals surface area contributed by atoms with E-state index in [0.717, 1.165) is 0 Å². The van der Waals surface area contributed by atoms with E-state index in [-0.39, 0.29) is 5.57 Å². The number of rotatable bonds is 3. The molecule has 0 unspecified atom stereocenters. The fourth-order valence-electron chi connectivity index (χ4n) is 0.578. The maximum atomic E-state index is 11.7. The predicted octanol–water partition coefficient (Wildman–Crippen LogP) is 2.64. The molecular formula is C8H9F3O. The highest BCUT2D eigenvalue weighted by Gasteiger charge is 2.37. The van der Waals surface area contributed by atoms with E-state index in [1.165, 1.54) is 12.2 Å². The number of ketones is 1. The van der Waals surface area contributed by atoms with E-state index in [2.05, 4.69) is 6.58 Å². The molecule has 0 heterocycles. The van der Waals surface area contributed by atoms with E-state index >= 15 is 0 Å². The Morgan fingerprint density at radius 2 is 2.00 bits per heavy atom. The largest absolute Gasteiger partial charge is 0.450 e. The molecule has 0 spiro atoms. The van der Waals surface area contributed by atoms with E-state index in [4.69, 9.17) is 0 Å². The highest BCUT2D eigenvalue weighted by atomic mass is 19.4. The van der Waals surface area contributed by atoms with Gasteiger partial charge in [0.15, 0.2) is 0 Å². The normalized spacial score (nSPS) is 12.8. The number of hydrogen-bond acceptors (Lipinski definition) is 1. The van der Waals surface area contributed by atoms with Crippen molar-refractivity contribution in [2.75, 3.05) is 0 Å². The van der Waals surface area contributed by atoms with Gasteiger partial charge in [0.1, 0.15) is 0 Å². The predicted molar refractivity (Wildman–Crippen MR) is 39.6 cm³/mol. The van der Waals surface area contributed by atoms with E-state index in [1.807, 2.05) is 0 Å². The maximum absolute atomic E-state index is 11.7. The molecule has 0 amide bonds. The van der Waals surface area contributed by atoms with Gasteiger partial charge < -0.3 is 0 Å². The van der Waals surface area contributed by atoms with Crippen LogP contribution in [0.15, 0.2) is 24.3 Å². The molecule has 0 aromatic heterocycles. The van der Waals surface area contributed by atoms with E-state index in [0.29, 0.717) is 0 Å². The highest BCUT2D eigenvalue weighted by Crippen LogP contribution is 2.20. The summed E-state index contributed by atoms with van der Waals surface area (Å²) in [4.78, 5) is 10.4. The van der Waals surface area contributed by atoms with Crippen LogP contribution in [0.5, 0.6) is 0 Å². The molecule has 0 aromatic rings. The molecule has 0 N–H and O–H groups in total. The number of halogens is 3. The van der Waals surface area contributed by atoms with Gasteiger partial charge in [-0.3, -0.25) is 4.79 Å². The van der Waals surface area contributed by atoms with Crippen LogP contribution >= 0.6 is 0 Å². The lowest BCUT2D eigenvalue weighted by Gasteiger charge is -2.04. The minimum atomic E-state index is -4.74. The number of carbonyl (C=O) groups is 1. The summed E-state index contributed by atoms with van der Waals surface area (Å²) in [6.45, 7) is 4.84. The van der Waals surface area contributed by atoms with Gasteiger partial charge in [0.2, 0.25) is 5.78 Å². The van der Waals surface area contributed by atoms with Gasteiger partial charge in [-0.25, -0.2) is 0 Å². The third kappa shape index (κ3) is 3.37. The Bertz CT molecular complexity index is 213. The lowest BCUT2D eigenvalue weighted by molar-refractivity contribution is -0.170. The molecule has 0 aliphatic heterocycles. The molecule has 0 rings (SSSR count). The van der Waals surface area contributed by atoms with Crippen LogP contribution in [-0.4, -0.2) is 12.0 Å². The zero-order valence-electron chi connectivity index (χ0n) is 6.61. The molecule has 1 nitrogen and oxygen atoms in total. The summed E-state index contributed by atoms with van der Waals surface area (Å²) >= 11 is 0. The second-order valence-electron chi connectivity index (χ2n) is 2.17. The Kier molecular flexibility index (Phi) is 3.73. The number of carbonyl (C=O) groups excluding carboxylic acids is 1. The fourth-order valence-corrected chi connectivity index (χ4v) is 0.578. The third-order valence-electron chi connectivity index (χ3n) is 1.31. The summed E-state index contributed by atoms with van der Waals surface area (Å²) < 4.78 is 35.0. The highest BCUT2D eigenvalue weighted by molar-refractivity contribution is 5.86. The van der Waals surface area contributed by atoms with Gasteiger partial charge in [0.25, 0.3) is 0 Å². The van der Waals surface area contributed by atoms with Crippen LogP contribution in [0.4, 0.5) is 13.2 Å². The molecule has 0 fully saturated rings. The Labute approximate surface area is 68.6 Å². The summed E-state index contributed by atoms with van der Waals surface area (Å²) in [5.74, 6) is -1.74. The van der Waals surface area contributed by atoms with E-state index in [1.54, 1.807) is 6.92 Å². The van der Waals surface area contributed by atoms with Gasteiger partial charge in [-0.2, -0.15) is 13.2 Å². The summed E-state index contributed by atoms with van der Waals surface area (Å²) in [5.41, 5.74) is 0.289. The number of allylic oxidation sites excluding steroid dienone is 3. The molecule has 0 saturated carbocycles. The van der Waals surface area contributed by atoms with Gasteiger partial charge in [-0.15, -0.1) is 0 Å². The van der Waals surface area contributed by atoms with Crippen molar-refractivity contribution in [1.29, 1.82) is 0 Å². The molecule has 12 heavy (non-hydrogen) atoms. The molecule has 0 bridgehead atoms. The first-order valence-corrected chi connectivity index (χ1v) is 3.29. The Balaban J connectivity index is 4.29. The van der Waals surface area contributed by atoms with Gasteiger partial charge in [-0.05, 0) is 12.5 Å². The van der Waals surface area contributed by atoms with Crippen molar-refractivity contribution in [3.05, 3.63) is 24.3 Å². The smallest absolute Gasteiger partial charge is 0.289 e. The quantitative estimate of drug-likeness (QED) is 0.607. The van der Waals surface area contributed by atoms with Crippen LogP contribution in [0.2, 0.25) is 0 Å². The topological polar surface area (TPSA) is 17.1 Å². The van der Waals surface area contributed by atoms with Crippen molar-refractivity contribution in [2.45, 2.75) is 19.5 Å². The average Bonchev–Trinajstić information content (AvgIpc) is 1.97. The summed E-state index contributed by atoms with van der Waals surface area (Å²) in [6, 6.07) is 0. The zero-order valence-corrected chi connectivity index (χ0v) is 6.61. The Morgan fingerprint density at radius 1 is 1.50 bits per heavy atom. The minimum absolute atomic E-state index is 0.289. The standard InChI is InChI=1S/C8H9F3O/c1-3-6(4-2)5-7(12)8(9,10)11/h3-4H,1,5H2,2H3/b6-4+. The van der Waals surface area contributed by atoms with Crippen LogP contribution in [0.1, 0.15) is 13.3 Å². The lowest BCUT2D eigenvalue weighted by atomic mass is 10.1. The molecule has 0 atom stereocenters. The fraction of sp³-hybridized carbons (Fsp3) is 0.375. The van der Waals surface area contributed by atoms with Gasteiger partial charge in [0, 0.05) is 6.42 Å². The number of alkyl halides is 3. The van der Waals surface area contributed by atoms with E-state index in [9.17, 15) is 18.0 Å². The molecule has 0 radical (unpaired) electrons. The SMILES string of the molecule is C=C/C(=C\C)CC(=O)C(F)(F)F. The van der Waals surface area contributed by atoms with Crippen LogP contribution in [0, 0.1) is 0 Å². The summed E-state index contributed by atoms with van der Waals surface area (Å²) in [7, 11) is 0. The molecule has 0 aromatic carbocycles. The lowest BCUT2D eigenvalue weighted by Crippen LogP contribution is -2.22. The Morgan fingerprint density at radius 3 is 2.25 bits per heavy atom. The second kappa shape index (κ2) is 4.09. The third-order valence-corrected chi connectivity index (χ3v) is 1.31.